The second-order valence-corrected chi connectivity index (χ2v) is 6.41. The van der Waals surface area contributed by atoms with Crippen LogP contribution in [0.4, 0.5) is 0 Å². The number of aryl methyl sites for hydroxylation is 4. The Labute approximate surface area is 139 Å². The maximum absolute atomic E-state index is 11.9. The number of hydrazine groups is 1. The van der Waals surface area contributed by atoms with Gasteiger partial charge in [-0.15, -0.1) is 11.8 Å². The maximum atomic E-state index is 11.9. The lowest BCUT2D eigenvalue weighted by Crippen LogP contribution is -2.42. The third kappa shape index (κ3) is 4.63. The highest BCUT2D eigenvalue weighted by Crippen LogP contribution is 2.20. The third-order valence-corrected chi connectivity index (χ3v) is 4.44. The molecule has 0 unspecified atom stereocenters. The van der Waals surface area contributed by atoms with Gasteiger partial charge in [-0.3, -0.25) is 20.4 Å². The molecule has 0 fully saturated rings. The molecule has 0 bridgehead atoms. The first-order valence-corrected chi connectivity index (χ1v) is 8.21. The van der Waals surface area contributed by atoms with Crippen LogP contribution in [0.3, 0.4) is 0 Å². The van der Waals surface area contributed by atoms with Gasteiger partial charge in [0.1, 0.15) is 11.5 Å². The van der Waals surface area contributed by atoms with Crippen molar-refractivity contribution in [2.75, 3.05) is 5.75 Å². The first kappa shape index (κ1) is 17.1. The molecule has 0 aliphatic heterocycles. The van der Waals surface area contributed by atoms with Gasteiger partial charge in [0.05, 0.1) is 11.3 Å². The molecule has 0 saturated carbocycles. The minimum atomic E-state index is -0.385. The minimum Gasteiger partial charge on any atom is -0.466 e. The van der Waals surface area contributed by atoms with Crippen LogP contribution >= 0.6 is 11.8 Å². The van der Waals surface area contributed by atoms with E-state index in [1.54, 1.807) is 19.9 Å². The Bertz CT molecular complexity index is 737. The van der Waals surface area contributed by atoms with Gasteiger partial charge in [0.2, 0.25) is 5.91 Å². The van der Waals surface area contributed by atoms with E-state index in [0.717, 1.165) is 4.90 Å². The molecule has 2 amide bonds. The molecule has 0 aliphatic rings. The highest BCUT2D eigenvalue weighted by molar-refractivity contribution is 8.00. The molecule has 1 aromatic heterocycles. The largest absolute Gasteiger partial charge is 0.466 e. The summed E-state index contributed by atoms with van der Waals surface area (Å²) in [5, 5.41) is 0. The minimum absolute atomic E-state index is 0.228. The number of nitrogens with one attached hydrogen (secondary N) is 2. The zero-order valence-corrected chi connectivity index (χ0v) is 14.5. The third-order valence-electron chi connectivity index (χ3n) is 3.45. The van der Waals surface area contributed by atoms with Gasteiger partial charge in [-0.1, -0.05) is 6.07 Å². The van der Waals surface area contributed by atoms with Gasteiger partial charge in [0.15, 0.2) is 0 Å². The van der Waals surface area contributed by atoms with Crippen LogP contribution in [-0.4, -0.2) is 17.6 Å². The average molecular weight is 332 g/mol. The number of carbonyl (C=O) groups excluding carboxylic acids is 2. The molecule has 0 aliphatic carbocycles. The first-order valence-electron chi connectivity index (χ1n) is 7.23. The molecule has 2 N–H and O–H groups in total. The second-order valence-electron chi connectivity index (χ2n) is 5.36. The quantitative estimate of drug-likeness (QED) is 0.667. The molecular weight excluding hydrogens is 312 g/mol. The standard InChI is InChI=1S/C17H20N2O3S/c1-10-5-6-14(7-11(10)2)23-9-16(20)18-19-17(21)15-8-12(3)22-13(15)4/h5-8H,9H2,1-4H3,(H,18,20)(H,19,21). The monoisotopic (exact) mass is 332 g/mol. The van der Waals surface area contributed by atoms with E-state index in [9.17, 15) is 9.59 Å². The molecule has 23 heavy (non-hydrogen) atoms. The summed E-state index contributed by atoms with van der Waals surface area (Å²) in [6, 6.07) is 7.70. The second kappa shape index (κ2) is 7.37. The summed E-state index contributed by atoms with van der Waals surface area (Å²) in [7, 11) is 0. The normalized spacial score (nSPS) is 10.4. The van der Waals surface area contributed by atoms with Gasteiger partial charge in [0, 0.05) is 4.90 Å². The fraction of sp³-hybridized carbons (Fsp3) is 0.294. The fourth-order valence-electron chi connectivity index (χ4n) is 2.04. The van der Waals surface area contributed by atoms with Crippen LogP contribution in [0.2, 0.25) is 0 Å². The predicted molar refractivity (Wildman–Crippen MR) is 90.4 cm³/mol. The Morgan fingerprint density at radius 3 is 2.39 bits per heavy atom. The predicted octanol–water partition coefficient (Wildman–Crippen LogP) is 3.07. The summed E-state index contributed by atoms with van der Waals surface area (Å²) < 4.78 is 5.29. The van der Waals surface area contributed by atoms with E-state index in [4.69, 9.17) is 4.42 Å². The van der Waals surface area contributed by atoms with Crippen LogP contribution in [0.1, 0.15) is 33.0 Å². The van der Waals surface area contributed by atoms with Gasteiger partial charge in [-0.25, -0.2) is 0 Å². The number of amides is 2. The summed E-state index contributed by atoms with van der Waals surface area (Å²) in [4.78, 5) is 24.8. The van der Waals surface area contributed by atoms with Gasteiger partial charge in [-0.2, -0.15) is 0 Å². The lowest BCUT2D eigenvalue weighted by atomic mass is 10.1. The Morgan fingerprint density at radius 2 is 1.78 bits per heavy atom. The van der Waals surface area contributed by atoms with E-state index in [2.05, 4.69) is 10.9 Å². The van der Waals surface area contributed by atoms with Crippen LogP contribution in [-0.2, 0) is 4.79 Å². The van der Waals surface area contributed by atoms with Crippen molar-refractivity contribution in [3.05, 3.63) is 52.5 Å². The molecule has 2 aromatic rings. The zero-order valence-electron chi connectivity index (χ0n) is 13.6. The highest BCUT2D eigenvalue weighted by Gasteiger charge is 2.14. The summed E-state index contributed by atoms with van der Waals surface area (Å²) in [6.07, 6.45) is 0. The Morgan fingerprint density at radius 1 is 1.04 bits per heavy atom. The van der Waals surface area contributed by atoms with Crippen molar-refractivity contribution in [3.63, 3.8) is 0 Å². The fourth-order valence-corrected chi connectivity index (χ4v) is 2.83. The van der Waals surface area contributed by atoms with Crippen molar-refractivity contribution in [1.29, 1.82) is 0 Å². The van der Waals surface area contributed by atoms with E-state index in [-0.39, 0.29) is 17.6 Å². The van der Waals surface area contributed by atoms with Crippen LogP contribution in [0.5, 0.6) is 0 Å². The number of hydrogen-bond acceptors (Lipinski definition) is 4. The van der Waals surface area contributed by atoms with Crippen molar-refractivity contribution in [3.8, 4) is 0 Å². The van der Waals surface area contributed by atoms with Crippen molar-refractivity contribution in [2.24, 2.45) is 0 Å². The lowest BCUT2D eigenvalue weighted by Gasteiger charge is -2.07. The number of rotatable bonds is 4. The molecule has 1 aromatic carbocycles. The van der Waals surface area contributed by atoms with Crippen LogP contribution in [0, 0.1) is 27.7 Å². The van der Waals surface area contributed by atoms with Gasteiger partial charge >= 0.3 is 0 Å². The molecule has 2 rings (SSSR count). The molecule has 122 valence electrons. The molecule has 0 atom stereocenters. The summed E-state index contributed by atoms with van der Waals surface area (Å²) in [5.41, 5.74) is 7.64. The topological polar surface area (TPSA) is 71.3 Å². The highest BCUT2D eigenvalue weighted by atomic mass is 32.2. The van der Waals surface area contributed by atoms with Gasteiger partial charge in [-0.05, 0) is 57.0 Å². The van der Waals surface area contributed by atoms with Crippen molar-refractivity contribution in [1.82, 2.24) is 10.9 Å². The molecule has 6 heteroatoms. The Kier molecular flexibility index (Phi) is 5.50. The molecule has 5 nitrogen and oxygen atoms in total. The molecule has 0 saturated heterocycles. The molecule has 0 radical (unpaired) electrons. The molecule has 0 spiro atoms. The van der Waals surface area contributed by atoms with E-state index in [0.29, 0.717) is 17.1 Å². The number of hydrogen-bond donors (Lipinski definition) is 2. The van der Waals surface area contributed by atoms with E-state index in [1.165, 1.54) is 22.9 Å². The van der Waals surface area contributed by atoms with Crippen LogP contribution < -0.4 is 10.9 Å². The maximum Gasteiger partial charge on any atom is 0.273 e. The summed E-state index contributed by atoms with van der Waals surface area (Å²) >= 11 is 1.42. The van der Waals surface area contributed by atoms with Gasteiger partial charge < -0.3 is 4.42 Å². The number of thioether (sulfide) groups is 1. The lowest BCUT2D eigenvalue weighted by molar-refractivity contribution is -0.119. The van der Waals surface area contributed by atoms with Gasteiger partial charge in [0.25, 0.3) is 5.91 Å². The number of furan rings is 1. The summed E-state index contributed by atoms with van der Waals surface area (Å²) in [5.74, 6) is 0.762. The first-order chi connectivity index (χ1) is 10.9. The van der Waals surface area contributed by atoms with E-state index in [1.807, 2.05) is 32.0 Å². The molecule has 1 heterocycles. The smallest absolute Gasteiger partial charge is 0.273 e. The zero-order chi connectivity index (χ0) is 17.0. The SMILES string of the molecule is Cc1cc(C(=O)NNC(=O)CSc2ccc(C)c(C)c2)c(C)o1. The number of benzene rings is 1. The Balaban J connectivity index is 1.82. The van der Waals surface area contributed by atoms with Crippen molar-refractivity contribution >= 4 is 23.6 Å². The van der Waals surface area contributed by atoms with Crippen LogP contribution in [0.25, 0.3) is 0 Å². The van der Waals surface area contributed by atoms with Crippen molar-refractivity contribution in [2.45, 2.75) is 32.6 Å². The Hall–Kier alpha value is -2.21. The van der Waals surface area contributed by atoms with Crippen LogP contribution in [0.15, 0.2) is 33.6 Å². The van der Waals surface area contributed by atoms with Crippen molar-refractivity contribution < 1.29 is 14.0 Å². The average Bonchev–Trinajstić information content (AvgIpc) is 2.84. The summed E-state index contributed by atoms with van der Waals surface area (Å²) in [6.45, 7) is 7.56. The number of carbonyl (C=O) groups is 2. The molecular formula is C17H20N2O3S. The van der Waals surface area contributed by atoms with E-state index >= 15 is 0 Å². The van der Waals surface area contributed by atoms with E-state index < -0.39 is 0 Å².